The third-order valence-corrected chi connectivity index (χ3v) is 2.17. The molecule has 1 rings (SSSR count). The second-order valence-corrected chi connectivity index (χ2v) is 3.66. The molecule has 0 bridgehead atoms. The van der Waals surface area contributed by atoms with Gasteiger partial charge in [0, 0.05) is 25.6 Å². The molecule has 0 aliphatic rings. The predicted octanol–water partition coefficient (Wildman–Crippen LogP) is 1.16. The van der Waals surface area contributed by atoms with Crippen LogP contribution in [0.1, 0.15) is 13.8 Å². The fourth-order valence-electron chi connectivity index (χ4n) is 1.22. The van der Waals surface area contributed by atoms with Crippen LogP contribution in [0.25, 0.3) is 0 Å². The van der Waals surface area contributed by atoms with Crippen LogP contribution in [0.3, 0.4) is 0 Å². The Labute approximate surface area is 112 Å². The van der Waals surface area contributed by atoms with Crippen molar-refractivity contribution < 1.29 is 9.47 Å². The first kappa shape index (κ1) is 14.7. The Morgan fingerprint density at radius 2 is 1.89 bits per heavy atom. The van der Waals surface area contributed by atoms with E-state index in [0.717, 1.165) is 0 Å². The molecule has 7 heteroatoms. The molecule has 0 aliphatic carbocycles. The van der Waals surface area contributed by atoms with E-state index in [-0.39, 0.29) is 6.29 Å². The van der Waals surface area contributed by atoms with Crippen LogP contribution in [0.15, 0.2) is 18.5 Å². The lowest BCUT2D eigenvalue weighted by atomic mass is 10.6. The summed E-state index contributed by atoms with van der Waals surface area (Å²) in [5.41, 5.74) is 0. The van der Waals surface area contributed by atoms with Gasteiger partial charge in [-0.15, -0.1) is 0 Å². The van der Waals surface area contributed by atoms with E-state index in [1.54, 1.807) is 18.5 Å². The van der Waals surface area contributed by atoms with Crippen molar-refractivity contribution in [2.75, 3.05) is 25.1 Å². The lowest BCUT2D eigenvalue weighted by Gasteiger charge is -2.18. The zero-order valence-electron chi connectivity index (χ0n) is 10.5. The van der Waals surface area contributed by atoms with E-state index >= 15 is 0 Å². The Morgan fingerprint density at radius 1 is 1.28 bits per heavy atom. The van der Waals surface area contributed by atoms with E-state index in [1.807, 2.05) is 13.8 Å². The Balaban J connectivity index is 2.31. The van der Waals surface area contributed by atoms with Crippen LogP contribution in [-0.2, 0) is 9.47 Å². The first-order chi connectivity index (χ1) is 8.76. The summed E-state index contributed by atoms with van der Waals surface area (Å²) in [4.78, 5) is 8.01. The number of ether oxygens (including phenoxy) is 2. The number of nitrogens with zero attached hydrogens (tertiary/aromatic N) is 2. The monoisotopic (exact) mass is 270 g/mol. The highest BCUT2D eigenvalue weighted by Gasteiger charge is 2.08. The third-order valence-electron chi connectivity index (χ3n) is 1.93. The van der Waals surface area contributed by atoms with Gasteiger partial charge in [-0.25, -0.2) is 9.97 Å². The van der Waals surface area contributed by atoms with E-state index in [0.29, 0.717) is 30.8 Å². The molecule has 100 valence electrons. The number of thiocarbonyl (C=S) groups is 1. The van der Waals surface area contributed by atoms with Gasteiger partial charge in [-0.05, 0) is 32.1 Å². The highest BCUT2D eigenvalue weighted by molar-refractivity contribution is 7.80. The van der Waals surface area contributed by atoms with Crippen molar-refractivity contribution in [3.05, 3.63) is 18.5 Å². The molecule has 0 amide bonds. The van der Waals surface area contributed by atoms with Crippen molar-refractivity contribution in [3.63, 3.8) is 0 Å². The normalized spacial score (nSPS) is 10.4. The van der Waals surface area contributed by atoms with Gasteiger partial charge in [0.1, 0.15) is 0 Å². The van der Waals surface area contributed by atoms with Crippen LogP contribution in [0.5, 0.6) is 0 Å². The predicted molar refractivity (Wildman–Crippen MR) is 73.3 cm³/mol. The van der Waals surface area contributed by atoms with Gasteiger partial charge in [-0.2, -0.15) is 0 Å². The van der Waals surface area contributed by atoms with Crippen LogP contribution < -0.4 is 10.6 Å². The average Bonchev–Trinajstić information content (AvgIpc) is 2.38. The maximum absolute atomic E-state index is 5.38. The molecule has 0 unspecified atom stereocenters. The van der Waals surface area contributed by atoms with Crippen LogP contribution in [0.4, 0.5) is 5.95 Å². The fraction of sp³-hybridized carbons (Fsp3) is 0.545. The highest BCUT2D eigenvalue weighted by atomic mass is 32.1. The molecular weight excluding hydrogens is 252 g/mol. The number of rotatable bonds is 7. The van der Waals surface area contributed by atoms with Crippen molar-refractivity contribution >= 4 is 23.3 Å². The average molecular weight is 270 g/mol. The maximum Gasteiger partial charge on any atom is 0.228 e. The lowest BCUT2D eigenvalue weighted by molar-refractivity contribution is -0.130. The van der Waals surface area contributed by atoms with Gasteiger partial charge in [0.2, 0.25) is 5.95 Å². The van der Waals surface area contributed by atoms with E-state index in [1.165, 1.54) is 0 Å². The number of aromatic nitrogens is 2. The smallest absolute Gasteiger partial charge is 0.228 e. The topological polar surface area (TPSA) is 68.3 Å². The Bertz CT molecular complexity index is 344. The molecule has 1 heterocycles. The summed E-state index contributed by atoms with van der Waals surface area (Å²) < 4.78 is 10.8. The molecule has 6 nitrogen and oxygen atoms in total. The number of hydrogen-bond acceptors (Lipinski definition) is 5. The quantitative estimate of drug-likeness (QED) is 0.569. The summed E-state index contributed by atoms with van der Waals surface area (Å²) in [6.45, 7) is 5.49. The van der Waals surface area contributed by atoms with E-state index < -0.39 is 0 Å². The summed E-state index contributed by atoms with van der Waals surface area (Å²) in [5, 5.41) is 6.30. The van der Waals surface area contributed by atoms with Gasteiger partial charge in [-0.3, -0.25) is 0 Å². The zero-order valence-corrected chi connectivity index (χ0v) is 11.4. The molecule has 0 spiro atoms. The lowest BCUT2D eigenvalue weighted by Crippen LogP contribution is -2.37. The Kier molecular flexibility index (Phi) is 7.16. The molecule has 0 aliphatic heterocycles. The highest BCUT2D eigenvalue weighted by Crippen LogP contribution is 1.96. The fourth-order valence-corrected chi connectivity index (χ4v) is 1.40. The van der Waals surface area contributed by atoms with Crippen molar-refractivity contribution in [1.29, 1.82) is 0 Å². The van der Waals surface area contributed by atoms with Crippen LogP contribution in [0.2, 0.25) is 0 Å². The minimum Gasteiger partial charge on any atom is -0.357 e. The molecule has 2 N–H and O–H groups in total. The van der Waals surface area contributed by atoms with Gasteiger partial charge in [0.25, 0.3) is 0 Å². The summed E-state index contributed by atoms with van der Waals surface area (Å²) in [6.07, 6.45) is 2.97. The van der Waals surface area contributed by atoms with Crippen molar-refractivity contribution in [2.24, 2.45) is 0 Å². The molecule has 0 fully saturated rings. The minimum absolute atomic E-state index is 0.309. The molecular formula is C11H18N4O2S. The summed E-state index contributed by atoms with van der Waals surface area (Å²) >= 11 is 5.11. The molecule has 1 aromatic rings. The van der Waals surface area contributed by atoms with Crippen molar-refractivity contribution in [2.45, 2.75) is 20.1 Å². The molecule has 0 radical (unpaired) electrons. The number of anilines is 1. The van der Waals surface area contributed by atoms with E-state index in [2.05, 4.69) is 20.6 Å². The molecule has 1 aromatic heterocycles. The standard InChI is InChI=1S/C11H18N4O2S/c1-3-16-9(17-4-2)8-14-11(18)15-10-12-6-5-7-13-10/h5-7,9H,3-4,8H2,1-2H3,(H2,12,13,14,15,18). The Morgan fingerprint density at radius 3 is 2.44 bits per heavy atom. The van der Waals surface area contributed by atoms with Gasteiger partial charge in [0.05, 0.1) is 6.54 Å². The number of nitrogens with one attached hydrogen (secondary N) is 2. The first-order valence-corrected chi connectivity index (χ1v) is 6.22. The molecule has 0 saturated heterocycles. The second-order valence-electron chi connectivity index (χ2n) is 3.25. The number of hydrogen-bond donors (Lipinski definition) is 2. The molecule has 0 aromatic carbocycles. The van der Waals surface area contributed by atoms with Crippen molar-refractivity contribution in [1.82, 2.24) is 15.3 Å². The second kappa shape index (κ2) is 8.73. The summed E-state index contributed by atoms with van der Waals surface area (Å²) in [6, 6.07) is 1.74. The summed E-state index contributed by atoms with van der Waals surface area (Å²) in [7, 11) is 0. The third kappa shape index (κ3) is 5.85. The largest absolute Gasteiger partial charge is 0.357 e. The zero-order chi connectivity index (χ0) is 13.2. The molecule has 0 atom stereocenters. The van der Waals surface area contributed by atoms with Crippen LogP contribution in [-0.4, -0.2) is 41.1 Å². The van der Waals surface area contributed by atoms with Gasteiger partial charge < -0.3 is 20.1 Å². The van der Waals surface area contributed by atoms with Crippen molar-refractivity contribution in [3.8, 4) is 0 Å². The van der Waals surface area contributed by atoms with Gasteiger partial charge >= 0.3 is 0 Å². The minimum atomic E-state index is -0.309. The van der Waals surface area contributed by atoms with E-state index in [4.69, 9.17) is 21.7 Å². The molecule has 0 saturated carbocycles. The Hall–Kier alpha value is -1.31. The molecule has 18 heavy (non-hydrogen) atoms. The van der Waals surface area contributed by atoms with E-state index in [9.17, 15) is 0 Å². The first-order valence-electron chi connectivity index (χ1n) is 5.81. The summed E-state index contributed by atoms with van der Waals surface area (Å²) in [5.74, 6) is 0.458. The van der Waals surface area contributed by atoms with Gasteiger partial charge in [-0.1, -0.05) is 0 Å². The van der Waals surface area contributed by atoms with Gasteiger partial charge in [0.15, 0.2) is 11.4 Å². The maximum atomic E-state index is 5.38. The van der Waals surface area contributed by atoms with Crippen LogP contribution >= 0.6 is 12.2 Å². The van der Waals surface area contributed by atoms with Crippen LogP contribution in [0, 0.1) is 0 Å². The SMILES string of the molecule is CCOC(CNC(=S)Nc1ncccn1)OCC.